The minimum absolute atomic E-state index is 0. The first kappa shape index (κ1) is 19.6. The van der Waals surface area contributed by atoms with E-state index in [4.69, 9.17) is 4.74 Å². The number of nitrogens with zero attached hydrogens (tertiary/aromatic N) is 1. The van der Waals surface area contributed by atoms with Crippen LogP contribution in [0, 0.1) is 5.82 Å². The fourth-order valence-electron chi connectivity index (χ4n) is 3.94. The average molecular weight is 388 g/mol. The van der Waals surface area contributed by atoms with Gasteiger partial charge in [0, 0.05) is 44.1 Å². The first-order chi connectivity index (χ1) is 12.6. The summed E-state index contributed by atoms with van der Waals surface area (Å²) >= 11 is 0. The van der Waals surface area contributed by atoms with Gasteiger partial charge in [0.2, 0.25) is 0 Å². The van der Waals surface area contributed by atoms with Crippen molar-refractivity contribution in [2.45, 2.75) is 24.9 Å². The van der Waals surface area contributed by atoms with Crippen LogP contribution in [0.4, 0.5) is 4.39 Å². The van der Waals surface area contributed by atoms with Crippen molar-refractivity contribution in [1.82, 2.24) is 4.90 Å². The highest BCUT2D eigenvalue weighted by Crippen LogP contribution is 2.43. The zero-order chi connectivity index (χ0) is 18.0. The van der Waals surface area contributed by atoms with E-state index in [0.717, 1.165) is 50.0 Å². The second-order valence-electron chi connectivity index (χ2n) is 7.06. The highest BCUT2D eigenvalue weighted by Gasteiger charge is 2.45. The Labute approximate surface area is 165 Å². The Morgan fingerprint density at radius 1 is 1.00 bits per heavy atom. The normalized spacial score (nSPS) is 18.7. The van der Waals surface area contributed by atoms with E-state index in [0.29, 0.717) is 0 Å². The van der Waals surface area contributed by atoms with Crippen molar-refractivity contribution in [3.63, 3.8) is 0 Å². The van der Waals surface area contributed by atoms with Crippen LogP contribution >= 0.6 is 12.4 Å². The molecule has 0 amide bonds. The third kappa shape index (κ3) is 4.23. The molecule has 4 rings (SSSR count). The molecule has 0 unspecified atom stereocenters. The molecule has 1 saturated heterocycles. The molecule has 0 radical (unpaired) electrons. The summed E-state index contributed by atoms with van der Waals surface area (Å²) in [5.41, 5.74) is 2.55. The Morgan fingerprint density at radius 3 is 2.33 bits per heavy atom. The molecular formula is C22H23ClFNO2. The molecule has 2 aromatic rings. The van der Waals surface area contributed by atoms with Gasteiger partial charge in [0.05, 0.1) is 0 Å². The van der Waals surface area contributed by atoms with Crippen LogP contribution in [0.5, 0.6) is 0 Å². The van der Waals surface area contributed by atoms with Gasteiger partial charge in [-0.05, 0) is 29.7 Å². The minimum atomic E-state index is -0.557. The maximum atomic E-state index is 13.2. The van der Waals surface area contributed by atoms with Crippen LogP contribution in [0.15, 0.2) is 60.7 Å². The molecule has 0 bridgehead atoms. The maximum Gasteiger partial charge on any atom is 0.332 e. The van der Waals surface area contributed by atoms with Crippen LogP contribution in [0.1, 0.15) is 24.0 Å². The van der Waals surface area contributed by atoms with Gasteiger partial charge in [-0.15, -0.1) is 12.4 Å². The zero-order valence-corrected chi connectivity index (χ0v) is 15.9. The first-order valence-corrected chi connectivity index (χ1v) is 9.12. The highest BCUT2D eigenvalue weighted by molar-refractivity contribution is 5.98. The molecule has 1 fully saturated rings. The van der Waals surface area contributed by atoms with Crippen LogP contribution in [-0.4, -0.2) is 36.1 Å². The van der Waals surface area contributed by atoms with E-state index in [9.17, 15) is 9.18 Å². The van der Waals surface area contributed by atoms with Crippen molar-refractivity contribution in [3.8, 4) is 0 Å². The summed E-state index contributed by atoms with van der Waals surface area (Å²) in [7, 11) is 0. The molecule has 0 N–H and O–H groups in total. The Bertz CT molecular complexity index is 812. The van der Waals surface area contributed by atoms with Gasteiger partial charge < -0.3 is 9.64 Å². The van der Waals surface area contributed by atoms with Crippen molar-refractivity contribution in [1.29, 1.82) is 0 Å². The SMILES string of the molecule is Cl.O=C1C=C(c2ccc(F)cc2)C2(CCN(CCc3ccccc3)CC2)O1. The van der Waals surface area contributed by atoms with Crippen molar-refractivity contribution >= 4 is 23.9 Å². The second kappa shape index (κ2) is 8.24. The molecule has 0 saturated carbocycles. The minimum Gasteiger partial charge on any atom is -0.451 e. The summed E-state index contributed by atoms with van der Waals surface area (Å²) < 4.78 is 19.0. The van der Waals surface area contributed by atoms with Gasteiger partial charge in [-0.3, -0.25) is 0 Å². The molecule has 2 aliphatic heterocycles. The number of esters is 1. The zero-order valence-electron chi connectivity index (χ0n) is 15.1. The first-order valence-electron chi connectivity index (χ1n) is 9.12. The lowest BCUT2D eigenvalue weighted by molar-refractivity contribution is -0.148. The van der Waals surface area contributed by atoms with Crippen molar-refractivity contribution < 1.29 is 13.9 Å². The van der Waals surface area contributed by atoms with E-state index in [1.807, 2.05) is 6.07 Å². The van der Waals surface area contributed by atoms with Gasteiger partial charge in [0.25, 0.3) is 0 Å². The van der Waals surface area contributed by atoms with E-state index in [-0.39, 0.29) is 24.2 Å². The molecule has 0 atom stereocenters. The van der Waals surface area contributed by atoms with Gasteiger partial charge in [-0.2, -0.15) is 0 Å². The number of piperidine rings is 1. The number of rotatable bonds is 4. The second-order valence-corrected chi connectivity index (χ2v) is 7.06. The van der Waals surface area contributed by atoms with Gasteiger partial charge in [0.15, 0.2) is 0 Å². The number of carbonyl (C=O) groups excluding carboxylic acids is 1. The number of halogens is 2. The van der Waals surface area contributed by atoms with E-state index < -0.39 is 5.60 Å². The Morgan fingerprint density at radius 2 is 1.67 bits per heavy atom. The third-order valence-electron chi connectivity index (χ3n) is 5.43. The Balaban J connectivity index is 0.00000210. The average Bonchev–Trinajstić information content (AvgIpc) is 2.98. The number of hydrogen-bond acceptors (Lipinski definition) is 3. The largest absolute Gasteiger partial charge is 0.451 e. The van der Waals surface area contributed by atoms with E-state index in [1.165, 1.54) is 17.7 Å². The molecule has 142 valence electrons. The van der Waals surface area contributed by atoms with Gasteiger partial charge in [-0.1, -0.05) is 42.5 Å². The predicted molar refractivity (Wildman–Crippen MR) is 106 cm³/mol. The van der Waals surface area contributed by atoms with Gasteiger partial charge in [-0.25, -0.2) is 9.18 Å². The summed E-state index contributed by atoms with van der Waals surface area (Å²) in [6.45, 7) is 2.78. The Kier molecular flexibility index (Phi) is 5.98. The quantitative estimate of drug-likeness (QED) is 0.734. The molecule has 0 aromatic heterocycles. The molecule has 3 nitrogen and oxygen atoms in total. The van der Waals surface area contributed by atoms with Gasteiger partial charge in [0.1, 0.15) is 11.4 Å². The lowest BCUT2D eigenvalue weighted by Crippen LogP contribution is -2.46. The lowest BCUT2D eigenvalue weighted by atomic mass is 9.81. The predicted octanol–water partition coefficient (Wildman–Crippen LogP) is 4.27. The fraction of sp³-hybridized carbons (Fsp3) is 0.318. The number of carbonyl (C=O) groups is 1. The number of likely N-dealkylation sites (tertiary alicyclic amines) is 1. The van der Waals surface area contributed by atoms with Gasteiger partial charge >= 0.3 is 5.97 Å². The molecule has 1 spiro atoms. The smallest absolute Gasteiger partial charge is 0.332 e. The highest BCUT2D eigenvalue weighted by atomic mass is 35.5. The van der Waals surface area contributed by atoms with E-state index >= 15 is 0 Å². The van der Waals surface area contributed by atoms with Crippen LogP contribution in [-0.2, 0) is 16.0 Å². The monoisotopic (exact) mass is 387 g/mol. The molecular weight excluding hydrogens is 365 g/mol. The standard InChI is InChI=1S/C22H22FNO2.ClH/c23-19-8-6-18(7-9-19)20-16-21(25)26-22(20)11-14-24(15-12-22)13-10-17-4-2-1-3-5-17;/h1-9,16H,10-15H2;1H. The number of benzene rings is 2. The molecule has 2 heterocycles. The third-order valence-corrected chi connectivity index (χ3v) is 5.43. The summed E-state index contributed by atoms with van der Waals surface area (Å²) in [6.07, 6.45) is 4.15. The summed E-state index contributed by atoms with van der Waals surface area (Å²) in [4.78, 5) is 14.4. The van der Waals surface area contributed by atoms with Crippen molar-refractivity contribution in [3.05, 3.63) is 77.6 Å². The summed E-state index contributed by atoms with van der Waals surface area (Å²) in [6, 6.07) is 16.8. The molecule has 2 aliphatic rings. The maximum absolute atomic E-state index is 13.2. The summed E-state index contributed by atoms with van der Waals surface area (Å²) in [5.74, 6) is -0.563. The molecule has 2 aromatic carbocycles. The molecule has 27 heavy (non-hydrogen) atoms. The molecule has 5 heteroatoms. The van der Waals surface area contributed by atoms with Crippen LogP contribution in [0.2, 0.25) is 0 Å². The number of ether oxygens (including phenoxy) is 1. The van der Waals surface area contributed by atoms with Crippen LogP contribution < -0.4 is 0 Å². The van der Waals surface area contributed by atoms with Crippen LogP contribution in [0.3, 0.4) is 0 Å². The number of hydrogen-bond donors (Lipinski definition) is 0. The van der Waals surface area contributed by atoms with E-state index in [1.54, 1.807) is 18.2 Å². The van der Waals surface area contributed by atoms with Crippen molar-refractivity contribution in [2.75, 3.05) is 19.6 Å². The molecule has 0 aliphatic carbocycles. The summed E-state index contributed by atoms with van der Waals surface area (Å²) in [5, 5.41) is 0. The topological polar surface area (TPSA) is 29.5 Å². The van der Waals surface area contributed by atoms with Crippen molar-refractivity contribution in [2.24, 2.45) is 0 Å². The fourth-order valence-corrected chi connectivity index (χ4v) is 3.94. The lowest BCUT2D eigenvalue weighted by Gasteiger charge is -2.40. The van der Waals surface area contributed by atoms with Crippen LogP contribution in [0.25, 0.3) is 5.57 Å². The van der Waals surface area contributed by atoms with E-state index in [2.05, 4.69) is 29.2 Å². The Hall–Kier alpha value is -2.17.